The maximum Gasteiger partial charge on any atom is 0.273 e. The van der Waals surface area contributed by atoms with Crippen molar-refractivity contribution in [3.05, 3.63) is 48.5 Å². The number of aromatic nitrogens is 4. The summed E-state index contributed by atoms with van der Waals surface area (Å²) >= 11 is 0. The van der Waals surface area contributed by atoms with E-state index in [4.69, 9.17) is 8.85 Å². The molecule has 0 bridgehead atoms. The summed E-state index contributed by atoms with van der Waals surface area (Å²) in [6, 6.07) is 6.44. The molecule has 0 spiro atoms. The van der Waals surface area contributed by atoms with E-state index in [9.17, 15) is 13.6 Å². The van der Waals surface area contributed by atoms with Crippen LogP contribution in [0.1, 0.15) is 34.5 Å². The molecule has 10 heteroatoms. The number of anilines is 2. The molecule has 2 aromatic heterocycles. The Kier molecular flexibility index (Phi) is 5.36. The highest BCUT2D eigenvalue weighted by Crippen LogP contribution is 2.34. The first-order valence-electron chi connectivity index (χ1n) is 10.5. The Balaban J connectivity index is 1.95. The molecule has 30 heavy (non-hydrogen) atoms. The second-order valence-corrected chi connectivity index (χ2v) is 6.59. The lowest BCUT2D eigenvalue weighted by Crippen LogP contribution is -2.21. The maximum absolute atomic E-state index is 12.8. The van der Waals surface area contributed by atoms with E-state index in [2.05, 4.69) is 20.6 Å². The van der Waals surface area contributed by atoms with Crippen LogP contribution in [0.5, 0.6) is 5.75 Å². The summed E-state index contributed by atoms with van der Waals surface area (Å²) in [5, 5.41) is 16.3. The van der Waals surface area contributed by atoms with Crippen molar-refractivity contribution in [1.82, 2.24) is 25.3 Å². The van der Waals surface area contributed by atoms with Gasteiger partial charge in [-0.25, -0.2) is 8.78 Å². The number of halogens is 2. The van der Waals surface area contributed by atoms with Crippen LogP contribution in [-0.4, -0.2) is 45.9 Å². The van der Waals surface area contributed by atoms with Crippen molar-refractivity contribution >= 4 is 17.3 Å². The number of amides is 1. The Morgan fingerprint density at radius 2 is 2.10 bits per heavy atom. The fourth-order valence-corrected chi connectivity index (χ4v) is 2.65. The molecule has 3 aromatic rings. The number of nitrogens with one attached hydrogen (secondary N) is 2. The smallest absolute Gasteiger partial charge is 0.273 e. The first-order chi connectivity index (χ1) is 15.5. The molecule has 0 fully saturated rings. The van der Waals surface area contributed by atoms with Gasteiger partial charge in [0, 0.05) is 28.9 Å². The van der Waals surface area contributed by atoms with E-state index in [0.29, 0.717) is 5.56 Å². The van der Waals surface area contributed by atoms with Crippen LogP contribution in [0.2, 0.25) is 0 Å². The van der Waals surface area contributed by atoms with Crippen LogP contribution in [0.15, 0.2) is 42.9 Å². The van der Waals surface area contributed by atoms with E-state index >= 15 is 0 Å². The van der Waals surface area contributed by atoms with Crippen LogP contribution in [0.3, 0.4) is 0 Å². The molecule has 0 radical (unpaired) electrons. The minimum atomic E-state index is -2.72. The highest BCUT2D eigenvalue weighted by Gasteiger charge is 2.16. The molecule has 3 rings (SSSR count). The molecule has 0 saturated heterocycles. The molecule has 1 amide bonds. The van der Waals surface area contributed by atoms with E-state index in [0.717, 1.165) is 5.56 Å². The first-order valence-corrected chi connectivity index (χ1v) is 9.04. The highest BCUT2D eigenvalue weighted by molar-refractivity contribution is 5.98. The largest absolute Gasteiger partial charge is 0.485 e. The van der Waals surface area contributed by atoms with E-state index < -0.39 is 25.9 Å². The number of benzene rings is 1. The van der Waals surface area contributed by atoms with Gasteiger partial charge in [-0.05, 0) is 37.6 Å². The summed E-state index contributed by atoms with van der Waals surface area (Å²) < 4.78 is 54.3. The summed E-state index contributed by atoms with van der Waals surface area (Å²) in [4.78, 5) is 12.3. The van der Waals surface area contributed by atoms with Gasteiger partial charge in [0.05, 0.1) is 23.8 Å². The maximum atomic E-state index is 12.8. The predicted molar refractivity (Wildman–Crippen MR) is 108 cm³/mol. The normalized spacial score (nSPS) is 12.9. The van der Waals surface area contributed by atoms with Gasteiger partial charge in [0.1, 0.15) is 12.4 Å². The number of ether oxygens (including phenoxy) is 1. The van der Waals surface area contributed by atoms with Crippen LogP contribution in [-0.2, 0) is 0 Å². The van der Waals surface area contributed by atoms with Gasteiger partial charge in [0.25, 0.3) is 12.3 Å². The van der Waals surface area contributed by atoms with E-state index in [1.807, 2.05) is 25.4 Å². The van der Waals surface area contributed by atoms with Crippen LogP contribution in [0, 0.1) is 0 Å². The van der Waals surface area contributed by atoms with Crippen LogP contribution in [0.25, 0.3) is 11.1 Å². The average molecular weight is 419 g/mol. The summed E-state index contributed by atoms with van der Waals surface area (Å²) in [6.07, 6.45) is 2.08. The monoisotopic (exact) mass is 419 g/mol. The van der Waals surface area contributed by atoms with Gasteiger partial charge >= 0.3 is 0 Å². The van der Waals surface area contributed by atoms with Gasteiger partial charge in [0.15, 0.2) is 5.69 Å². The molecule has 0 aliphatic heterocycles. The van der Waals surface area contributed by atoms with Gasteiger partial charge < -0.3 is 15.4 Å². The second kappa shape index (κ2) is 9.29. The predicted octanol–water partition coefficient (Wildman–Crippen LogP) is 3.67. The Labute approximate surface area is 176 Å². The lowest BCUT2D eigenvalue weighted by atomic mass is 10.1. The minimum absolute atomic E-state index is 0.101. The number of rotatable bonds is 8. The summed E-state index contributed by atoms with van der Waals surface area (Å²) in [5.74, 6) is -0.873. The molecule has 0 unspecified atom stereocenters. The zero-order valence-corrected chi connectivity index (χ0v) is 16.3. The third-order valence-electron chi connectivity index (χ3n) is 4.13. The number of hydrogen-bond acceptors (Lipinski definition) is 6. The molecule has 8 nitrogen and oxygen atoms in total. The Hall–Kier alpha value is -3.56. The Morgan fingerprint density at radius 1 is 1.27 bits per heavy atom. The van der Waals surface area contributed by atoms with E-state index in [1.165, 1.54) is 12.3 Å². The van der Waals surface area contributed by atoms with Crippen LogP contribution in [0.4, 0.5) is 20.2 Å². The van der Waals surface area contributed by atoms with Gasteiger partial charge in [-0.2, -0.15) is 10.2 Å². The molecule has 1 aromatic carbocycles. The summed E-state index contributed by atoms with van der Waals surface area (Å²) in [6.45, 7) is 0.386. The van der Waals surface area contributed by atoms with Gasteiger partial charge in [-0.1, -0.05) is 6.07 Å². The van der Waals surface area contributed by atoms with E-state index in [1.54, 1.807) is 29.1 Å². The topological polar surface area (TPSA) is 94.0 Å². The van der Waals surface area contributed by atoms with Crippen LogP contribution < -0.4 is 15.4 Å². The number of nitrogens with zero attached hydrogens (tertiary/aromatic N) is 4. The number of alkyl halides is 2. The standard InChI is InChI=1S/C20H22F2N6O2/c1-12(2)28-10-14(9-25-28)13-4-5-15(17(8-13)30-11-18(21)22)26-16-6-7-24-27-19(16)20(29)23-3/h4-10,12,18H,11H2,1-3H3,(H,23,29)(H,24,26)/i3D3. The Bertz CT molecular complexity index is 1120. The highest BCUT2D eigenvalue weighted by atomic mass is 19.3. The Morgan fingerprint density at radius 3 is 2.80 bits per heavy atom. The molecular formula is C20H22F2N6O2. The van der Waals surface area contributed by atoms with Gasteiger partial charge in [-0.3, -0.25) is 9.48 Å². The number of carbonyl (C=O) groups is 1. The fraction of sp³-hybridized carbons (Fsp3) is 0.300. The van der Waals surface area contributed by atoms with Gasteiger partial charge in [-0.15, -0.1) is 5.10 Å². The molecule has 0 aliphatic rings. The molecule has 0 saturated carbocycles. The summed E-state index contributed by atoms with van der Waals surface area (Å²) in [7, 11) is 0. The number of carbonyl (C=O) groups excluding carboxylic acids is 1. The quantitative estimate of drug-likeness (QED) is 0.579. The first kappa shape index (κ1) is 17.3. The molecule has 0 aliphatic carbocycles. The van der Waals surface area contributed by atoms with Crippen molar-refractivity contribution < 1.29 is 22.4 Å². The van der Waals surface area contributed by atoms with Crippen molar-refractivity contribution in [3.63, 3.8) is 0 Å². The third-order valence-corrected chi connectivity index (χ3v) is 4.13. The van der Waals surface area contributed by atoms with Gasteiger partial charge in [0.2, 0.25) is 0 Å². The zero-order chi connectivity index (χ0) is 24.2. The average Bonchev–Trinajstić information content (AvgIpc) is 3.23. The molecule has 2 heterocycles. The molecule has 158 valence electrons. The molecular weight excluding hydrogens is 394 g/mol. The summed E-state index contributed by atoms with van der Waals surface area (Å²) in [5.41, 5.74) is 1.56. The fourth-order valence-electron chi connectivity index (χ4n) is 2.65. The molecule has 0 atom stereocenters. The van der Waals surface area contributed by atoms with Crippen LogP contribution >= 0.6 is 0 Å². The van der Waals surface area contributed by atoms with Crippen molar-refractivity contribution in [1.29, 1.82) is 0 Å². The third kappa shape index (κ3) is 4.88. The lowest BCUT2D eigenvalue weighted by molar-refractivity contribution is 0.0823. The van der Waals surface area contributed by atoms with Crippen molar-refractivity contribution in [2.45, 2.75) is 26.3 Å². The SMILES string of the molecule is [2H]C([2H])([2H])NC(=O)c1nnccc1Nc1ccc(-c2cnn(C(C)C)c2)cc1OCC(F)F. The lowest BCUT2D eigenvalue weighted by Gasteiger charge is -2.15. The minimum Gasteiger partial charge on any atom is -0.485 e. The molecule has 2 N–H and O–H groups in total. The van der Waals surface area contributed by atoms with Crippen molar-refractivity contribution in [3.8, 4) is 16.9 Å². The number of hydrogen-bond donors (Lipinski definition) is 2. The van der Waals surface area contributed by atoms with E-state index in [-0.39, 0.29) is 28.9 Å². The second-order valence-electron chi connectivity index (χ2n) is 6.59. The van der Waals surface area contributed by atoms with Crippen molar-refractivity contribution in [2.75, 3.05) is 18.9 Å². The van der Waals surface area contributed by atoms with Crippen molar-refractivity contribution in [2.24, 2.45) is 0 Å². The zero-order valence-electron chi connectivity index (χ0n) is 19.3.